The summed E-state index contributed by atoms with van der Waals surface area (Å²) in [6.45, 7) is 9.66. The van der Waals surface area contributed by atoms with Crippen LogP contribution in [-0.2, 0) is 10.8 Å². The van der Waals surface area contributed by atoms with Crippen LogP contribution >= 0.6 is 0 Å². The minimum Gasteiger partial charge on any atom is -0.0622 e. The fraction of sp³-hybridized carbons (Fsp3) is 0.0588. The molecule has 0 radical (unpaired) electrons. The largest absolute Gasteiger partial charge is 0.0622 e. The molecule has 0 bridgehead atoms. The average Bonchev–Trinajstić information content (AvgIpc) is 1.41. The highest BCUT2D eigenvalue weighted by Crippen LogP contribution is 2.58. The zero-order chi connectivity index (χ0) is 68.5. The Morgan fingerprint density at radius 2 is 0.304 bits per heavy atom. The molecule has 0 spiro atoms. The Morgan fingerprint density at radius 1 is 0.127 bits per heavy atom. The highest BCUT2D eigenvalue weighted by molar-refractivity contribution is 6.10. The molecule has 0 atom stereocenters. The molecule has 482 valence electrons. The van der Waals surface area contributed by atoms with E-state index in [1.165, 1.54) is 189 Å². The Morgan fingerprint density at radius 3 is 0.529 bits per heavy atom. The first-order valence-corrected chi connectivity index (χ1v) is 35.8. The van der Waals surface area contributed by atoms with Gasteiger partial charge in [-0.2, -0.15) is 0 Å². The molecule has 2 aliphatic rings. The van der Waals surface area contributed by atoms with Crippen LogP contribution in [0.4, 0.5) is 0 Å². The van der Waals surface area contributed by atoms with Crippen LogP contribution in [0, 0.1) is 0 Å². The summed E-state index contributed by atoms with van der Waals surface area (Å²) in [7, 11) is 0. The maximum atomic E-state index is 2.52. The molecule has 0 fully saturated rings. The van der Waals surface area contributed by atoms with Crippen molar-refractivity contribution in [3.63, 3.8) is 0 Å². The Kier molecular flexibility index (Phi) is 15.4. The van der Waals surface area contributed by atoms with Gasteiger partial charge in [0.1, 0.15) is 0 Å². The van der Waals surface area contributed by atoms with Gasteiger partial charge < -0.3 is 0 Å². The zero-order valence-corrected chi connectivity index (χ0v) is 57.8. The third-order valence-electron chi connectivity index (χ3n) is 21.9. The van der Waals surface area contributed by atoms with Gasteiger partial charge in [-0.15, -0.1) is 0 Å². The van der Waals surface area contributed by atoms with Gasteiger partial charge in [-0.3, -0.25) is 0 Å². The van der Waals surface area contributed by atoms with E-state index in [9.17, 15) is 0 Å². The summed E-state index contributed by atoms with van der Waals surface area (Å²) in [5.41, 5.74) is 41.5. The van der Waals surface area contributed by atoms with Gasteiger partial charge in [0.25, 0.3) is 0 Å². The van der Waals surface area contributed by atoms with Gasteiger partial charge in [0.15, 0.2) is 0 Å². The quantitative estimate of drug-likeness (QED) is 0.108. The van der Waals surface area contributed by atoms with Gasteiger partial charge in [-0.1, -0.05) is 367 Å². The van der Waals surface area contributed by atoms with Gasteiger partial charge in [-0.25, -0.2) is 0 Å². The first-order chi connectivity index (χ1) is 50.1. The van der Waals surface area contributed by atoms with Crippen molar-refractivity contribution < 1.29 is 0 Å². The van der Waals surface area contributed by atoms with Crippen LogP contribution in [0.15, 0.2) is 376 Å². The van der Waals surface area contributed by atoms with Gasteiger partial charge in [0, 0.05) is 10.8 Å². The van der Waals surface area contributed by atoms with Crippen molar-refractivity contribution in [2.75, 3.05) is 0 Å². The Hall–Kier alpha value is -12.5. The summed E-state index contributed by atoms with van der Waals surface area (Å²) in [5.74, 6) is 0. The van der Waals surface area contributed by atoms with Gasteiger partial charge in [0.2, 0.25) is 0 Å². The van der Waals surface area contributed by atoms with E-state index in [1.54, 1.807) is 0 Å². The molecule has 0 aliphatic heterocycles. The molecule has 16 aromatic carbocycles. The van der Waals surface area contributed by atoms with Crippen LogP contribution in [0.1, 0.15) is 49.9 Å². The number of hydrogen-bond acceptors (Lipinski definition) is 0. The van der Waals surface area contributed by atoms with Crippen LogP contribution in [0.5, 0.6) is 0 Å². The molecule has 102 heavy (non-hydrogen) atoms. The first kappa shape index (κ1) is 61.8. The van der Waals surface area contributed by atoms with E-state index in [4.69, 9.17) is 0 Å². The Balaban J connectivity index is 0.657. The molecule has 0 aromatic heterocycles. The minimum absolute atomic E-state index is 0.274. The van der Waals surface area contributed by atoms with Crippen LogP contribution < -0.4 is 0 Å². The molecule has 0 heterocycles. The Bertz CT molecular complexity index is 5250. The lowest BCUT2D eigenvalue weighted by molar-refractivity contribution is 0.660. The monoisotopic (exact) mass is 1300 g/mol. The molecule has 18 rings (SSSR count). The van der Waals surface area contributed by atoms with Crippen molar-refractivity contribution in [1.29, 1.82) is 0 Å². The minimum atomic E-state index is -0.274. The second-order valence-electron chi connectivity index (χ2n) is 28.6. The van der Waals surface area contributed by atoms with Crippen LogP contribution in [-0.4, -0.2) is 0 Å². The zero-order valence-electron chi connectivity index (χ0n) is 57.8. The predicted molar refractivity (Wildman–Crippen MR) is 432 cm³/mol. The number of fused-ring (bicyclic) bond motifs is 6. The van der Waals surface area contributed by atoms with Crippen molar-refractivity contribution in [2.45, 2.75) is 38.5 Å². The predicted octanol–water partition coefficient (Wildman–Crippen LogP) is 28.0. The molecule has 16 aromatic rings. The molecule has 0 saturated carbocycles. The molecule has 0 amide bonds. The number of rotatable bonds is 13. The maximum absolute atomic E-state index is 2.52. The van der Waals surface area contributed by atoms with E-state index < -0.39 is 0 Å². The lowest BCUT2D eigenvalue weighted by Crippen LogP contribution is -2.15. The van der Waals surface area contributed by atoms with Gasteiger partial charge in [-0.05, 0) is 226 Å². The maximum Gasteiger partial charge on any atom is 0.0159 e. The lowest BCUT2D eigenvalue weighted by atomic mass is 9.77. The molecule has 0 saturated heterocycles. The highest BCUT2D eigenvalue weighted by Gasteiger charge is 2.39. The molecule has 0 N–H and O–H groups in total. The van der Waals surface area contributed by atoms with Crippen molar-refractivity contribution in [3.8, 4) is 167 Å². The first-order valence-electron chi connectivity index (χ1n) is 35.8. The molecule has 0 heteroatoms. The van der Waals surface area contributed by atoms with Crippen molar-refractivity contribution in [1.82, 2.24) is 0 Å². The van der Waals surface area contributed by atoms with Gasteiger partial charge in [0.05, 0.1) is 0 Å². The molecular weight excluding hydrogens is 1230 g/mol. The summed E-state index contributed by atoms with van der Waals surface area (Å²) in [4.78, 5) is 0. The third kappa shape index (κ3) is 10.7. The van der Waals surface area contributed by atoms with E-state index in [-0.39, 0.29) is 10.8 Å². The topological polar surface area (TPSA) is 0 Å². The highest BCUT2D eigenvalue weighted by atomic mass is 14.4. The summed E-state index contributed by atoms with van der Waals surface area (Å²) < 4.78 is 0. The second kappa shape index (κ2) is 25.4. The van der Waals surface area contributed by atoms with E-state index >= 15 is 0 Å². The molecule has 0 unspecified atom stereocenters. The summed E-state index contributed by atoms with van der Waals surface area (Å²) in [5, 5.41) is 0. The van der Waals surface area contributed by atoms with Crippen molar-refractivity contribution in [2.24, 2.45) is 0 Å². The standard InChI is InChI=1S/C102H74/c1-101(2)91-61-79(53-57-83(91)85-59-55-81(63-93(85)101)99-95(75-37-21-9-22-38-75)87(71-29-13-5-14-30-71)65-88(72-31-15-6-16-32-72)96(99)76-39-23-10-24-40-76)69-49-45-67(46-50-69)68-47-51-70(52-48-68)80-54-58-84-86-60-56-82(64-94(86)102(3,4)92(84)62-80)100-97(77-41-25-11-26-42-77)89(73-33-17-7-18-34-73)66-90(74-35-19-8-20-36-74)98(100)78-43-27-12-28-44-78/h5-66H,1-4H3. The SMILES string of the molecule is CC1(C)c2cc(-c3ccc(-c4ccc(-c5ccc6c(c5)C(C)(C)c5cc(-c7c(-c8ccccc8)c(-c8ccccc8)cc(-c8ccccc8)c7-c7ccccc7)ccc5-6)cc4)cc3)ccc2-c2ccc(-c3c(-c4ccccc4)c(-c4ccccc4)cc(-c4ccccc4)c3-c3ccccc3)cc21. The molecule has 0 nitrogen and oxygen atoms in total. The normalized spacial score (nSPS) is 12.9. The van der Waals surface area contributed by atoms with Gasteiger partial charge >= 0.3 is 0 Å². The molecular formula is C102H74. The summed E-state index contributed by atoms with van der Waals surface area (Å²) in [6, 6.07) is 140. The Labute approximate surface area is 599 Å². The van der Waals surface area contributed by atoms with Crippen LogP contribution in [0.3, 0.4) is 0 Å². The van der Waals surface area contributed by atoms with E-state index in [0.717, 1.165) is 0 Å². The van der Waals surface area contributed by atoms with Crippen molar-refractivity contribution >= 4 is 0 Å². The average molecular weight is 1300 g/mol. The second-order valence-corrected chi connectivity index (χ2v) is 28.6. The smallest absolute Gasteiger partial charge is 0.0159 e. The van der Waals surface area contributed by atoms with Crippen LogP contribution in [0.25, 0.3) is 167 Å². The van der Waals surface area contributed by atoms with E-state index in [2.05, 4.69) is 404 Å². The fourth-order valence-corrected chi connectivity index (χ4v) is 16.8. The van der Waals surface area contributed by atoms with E-state index in [1.807, 2.05) is 0 Å². The third-order valence-corrected chi connectivity index (χ3v) is 21.9. The number of hydrogen-bond donors (Lipinski definition) is 0. The van der Waals surface area contributed by atoms with Crippen LogP contribution in [0.2, 0.25) is 0 Å². The summed E-state index contributed by atoms with van der Waals surface area (Å²) >= 11 is 0. The summed E-state index contributed by atoms with van der Waals surface area (Å²) in [6.07, 6.45) is 0. The van der Waals surface area contributed by atoms with E-state index in [0.29, 0.717) is 0 Å². The lowest BCUT2D eigenvalue weighted by Gasteiger charge is -2.26. The number of benzene rings is 16. The molecule has 2 aliphatic carbocycles. The van der Waals surface area contributed by atoms with Crippen molar-refractivity contribution in [3.05, 3.63) is 398 Å². The fourth-order valence-electron chi connectivity index (χ4n) is 16.8.